The lowest BCUT2D eigenvalue weighted by Gasteiger charge is -2.34. The molecule has 1 heterocycles. The van der Waals surface area contributed by atoms with Crippen molar-refractivity contribution in [2.75, 3.05) is 13.1 Å². The summed E-state index contributed by atoms with van der Waals surface area (Å²) >= 11 is 2.70. The first-order valence-electron chi connectivity index (χ1n) is 5.43. The highest BCUT2D eigenvalue weighted by Crippen LogP contribution is 2.26. The van der Waals surface area contributed by atoms with Crippen molar-refractivity contribution in [2.45, 2.75) is 26.4 Å². The molecule has 1 rings (SSSR count). The van der Waals surface area contributed by atoms with E-state index >= 15 is 0 Å². The van der Waals surface area contributed by atoms with Crippen LogP contribution >= 0.6 is 15.9 Å². The first-order chi connectivity index (χ1) is 7.70. The van der Waals surface area contributed by atoms with Crippen LogP contribution in [0.5, 0.6) is 0 Å². The summed E-state index contributed by atoms with van der Waals surface area (Å²) in [5.41, 5.74) is 0. The third kappa shape index (κ3) is 4.33. The number of nitrogens with zero attached hydrogens (tertiary/aromatic N) is 1. The van der Waals surface area contributed by atoms with Gasteiger partial charge in [-0.3, -0.25) is 4.79 Å². The van der Waals surface area contributed by atoms with Gasteiger partial charge in [-0.25, -0.2) is 0 Å². The molecular formula is C11H15BrF3NO. The monoisotopic (exact) mass is 313 g/mol. The van der Waals surface area contributed by atoms with E-state index in [2.05, 4.69) is 29.8 Å². The van der Waals surface area contributed by atoms with E-state index in [1.54, 1.807) is 4.90 Å². The molecule has 0 aromatic carbocycles. The number of hydrogen-bond donors (Lipinski definition) is 0. The Morgan fingerprint density at radius 2 is 1.76 bits per heavy atom. The summed E-state index contributed by atoms with van der Waals surface area (Å²) in [5.74, 6) is -0.976. The number of likely N-dealkylation sites (tertiary alicyclic amines) is 1. The van der Waals surface area contributed by atoms with Crippen molar-refractivity contribution in [2.24, 2.45) is 11.8 Å². The zero-order valence-electron chi connectivity index (χ0n) is 9.72. The Kier molecular flexibility index (Phi) is 4.63. The Labute approximate surface area is 107 Å². The van der Waals surface area contributed by atoms with Crippen molar-refractivity contribution >= 4 is 21.7 Å². The van der Waals surface area contributed by atoms with Gasteiger partial charge in [-0.1, -0.05) is 13.8 Å². The Morgan fingerprint density at radius 1 is 1.29 bits per heavy atom. The summed E-state index contributed by atoms with van der Waals surface area (Å²) in [7, 11) is 0. The Balaban J connectivity index is 2.71. The average molecular weight is 314 g/mol. The summed E-state index contributed by atoms with van der Waals surface area (Å²) in [6.07, 6.45) is -2.49. The molecule has 1 aliphatic rings. The number of carbonyl (C=O) groups excluding carboxylic acids is 1. The molecule has 0 aliphatic carbocycles. The second-order valence-corrected chi connectivity index (χ2v) is 5.56. The van der Waals surface area contributed by atoms with Gasteiger partial charge in [-0.2, -0.15) is 13.2 Å². The fourth-order valence-corrected chi connectivity index (χ4v) is 2.69. The molecule has 1 saturated heterocycles. The van der Waals surface area contributed by atoms with Crippen LogP contribution in [0.15, 0.2) is 10.7 Å². The maximum Gasteiger partial charge on any atom is 0.455 e. The number of halogens is 4. The van der Waals surface area contributed by atoms with Crippen molar-refractivity contribution in [1.29, 1.82) is 0 Å². The highest BCUT2D eigenvalue weighted by atomic mass is 79.9. The van der Waals surface area contributed by atoms with E-state index in [4.69, 9.17) is 0 Å². The number of allylic oxidation sites excluding steroid dienone is 1. The molecule has 0 aromatic rings. The number of rotatable bonds is 2. The summed E-state index contributed by atoms with van der Waals surface area (Å²) in [5, 5.41) is 0. The van der Waals surface area contributed by atoms with Crippen LogP contribution in [0.1, 0.15) is 20.3 Å². The van der Waals surface area contributed by atoms with Gasteiger partial charge < -0.3 is 4.90 Å². The topological polar surface area (TPSA) is 20.3 Å². The summed E-state index contributed by atoms with van der Waals surface area (Å²) < 4.78 is 36.1. The molecule has 0 amide bonds. The standard InChI is InChI=1S/C11H15BrF3NO/c1-7-3-8(2)5-16(4-7)6-9(12)10(17)11(13,14)15/h6-8H,3-5H2,1-2H3. The SMILES string of the molecule is CC1CC(C)CN(C=C(Br)C(=O)C(F)(F)F)C1. The van der Waals surface area contributed by atoms with Gasteiger partial charge in [0.1, 0.15) is 0 Å². The first kappa shape index (κ1) is 14.5. The molecule has 0 saturated carbocycles. The van der Waals surface area contributed by atoms with E-state index in [0.717, 1.165) is 6.42 Å². The van der Waals surface area contributed by atoms with Crippen molar-refractivity contribution < 1.29 is 18.0 Å². The molecule has 0 radical (unpaired) electrons. The minimum absolute atomic E-state index is 0.425. The van der Waals surface area contributed by atoms with Gasteiger partial charge in [0.05, 0.1) is 4.48 Å². The largest absolute Gasteiger partial charge is 0.455 e. The maximum atomic E-state index is 12.2. The number of hydrogen-bond acceptors (Lipinski definition) is 2. The molecule has 98 valence electrons. The highest BCUT2D eigenvalue weighted by Gasteiger charge is 2.40. The van der Waals surface area contributed by atoms with E-state index in [1.165, 1.54) is 6.20 Å². The average Bonchev–Trinajstić information content (AvgIpc) is 2.13. The molecule has 17 heavy (non-hydrogen) atoms. The zero-order valence-corrected chi connectivity index (χ0v) is 11.3. The van der Waals surface area contributed by atoms with Crippen molar-refractivity contribution in [3.8, 4) is 0 Å². The second kappa shape index (κ2) is 5.42. The van der Waals surface area contributed by atoms with E-state index in [1.807, 2.05) is 0 Å². The molecule has 0 bridgehead atoms. The molecule has 0 N–H and O–H groups in total. The van der Waals surface area contributed by atoms with Gasteiger partial charge in [0.25, 0.3) is 5.78 Å². The zero-order chi connectivity index (χ0) is 13.2. The predicted molar refractivity (Wildman–Crippen MR) is 62.6 cm³/mol. The summed E-state index contributed by atoms with van der Waals surface area (Å²) in [6.45, 7) is 5.47. The minimum atomic E-state index is -4.82. The molecule has 0 aromatic heterocycles. The molecule has 1 aliphatic heterocycles. The van der Waals surface area contributed by atoms with Crippen LogP contribution in [-0.2, 0) is 4.79 Å². The van der Waals surface area contributed by atoms with E-state index in [9.17, 15) is 18.0 Å². The quantitative estimate of drug-likeness (QED) is 0.729. The Morgan fingerprint density at radius 3 is 2.18 bits per heavy atom. The third-order valence-corrected chi connectivity index (χ3v) is 3.23. The minimum Gasteiger partial charge on any atom is -0.376 e. The third-order valence-electron chi connectivity index (χ3n) is 2.67. The molecule has 2 nitrogen and oxygen atoms in total. The van der Waals surface area contributed by atoms with Gasteiger partial charge in [-0.05, 0) is 34.2 Å². The number of ketones is 1. The normalized spacial score (nSPS) is 27.2. The molecule has 2 atom stereocenters. The molecule has 6 heteroatoms. The Bertz CT molecular complexity index is 317. The van der Waals surface area contributed by atoms with Crippen molar-refractivity contribution in [1.82, 2.24) is 4.90 Å². The predicted octanol–water partition coefficient (Wildman–Crippen LogP) is 3.33. The van der Waals surface area contributed by atoms with Crippen LogP contribution in [0.2, 0.25) is 0 Å². The highest BCUT2D eigenvalue weighted by molar-refractivity contribution is 9.12. The number of piperidine rings is 1. The number of alkyl halides is 3. The van der Waals surface area contributed by atoms with E-state index in [-0.39, 0.29) is 0 Å². The lowest BCUT2D eigenvalue weighted by atomic mass is 9.92. The van der Waals surface area contributed by atoms with Crippen LogP contribution in [0.3, 0.4) is 0 Å². The lowest BCUT2D eigenvalue weighted by molar-refractivity contribution is -0.165. The number of carbonyl (C=O) groups is 1. The summed E-state index contributed by atoms with van der Waals surface area (Å²) in [4.78, 5) is 12.7. The second-order valence-electron chi connectivity index (χ2n) is 4.70. The van der Waals surface area contributed by atoms with Crippen LogP contribution in [0, 0.1) is 11.8 Å². The van der Waals surface area contributed by atoms with Crippen molar-refractivity contribution in [3.05, 3.63) is 10.7 Å². The van der Waals surface area contributed by atoms with Gasteiger partial charge in [0.2, 0.25) is 0 Å². The smallest absolute Gasteiger partial charge is 0.376 e. The number of Topliss-reactive ketones (excluding diaryl/α,β-unsaturated/α-hetero) is 1. The summed E-state index contributed by atoms with van der Waals surface area (Å²) in [6, 6.07) is 0. The molecule has 0 spiro atoms. The van der Waals surface area contributed by atoms with Crippen LogP contribution in [-0.4, -0.2) is 29.9 Å². The lowest BCUT2D eigenvalue weighted by Crippen LogP contribution is -2.35. The van der Waals surface area contributed by atoms with Crippen LogP contribution in [0.4, 0.5) is 13.2 Å². The fraction of sp³-hybridized carbons (Fsp3) is 0.727. The van der Waals surface area contributed by atoms with Crippen LogP contribution in [0.25, 0.3) is 0 Å². The van der Waals surface area contributed by atoms with E-state index < -0.39 is 16.4 Å². The van der Waals surface area contributed by atoms with Gasteiger partial charge in [-0.15, -0.1) is 0 Å². The molecular weight excluding hydrogens is 299 g/mol. The Hall–Kier alpha value is -0.520. The molecule has 1 fully saturated rings. The van der Waals surface area contributed by atoms with Crippen LogP contribution < -0.4 is 0 Å². The first-order valence-corrected chi connectivity index (χ1v) is 6.22. The molecule has 2 unspecified atom stereocenters. The maximum absolute atomic E-state index is 12.2. The van der Waals surface area contributed by atoms with Gasteiger partial charge >= 0.3 is 6.18 Å². The van der Waals surface area contributed by atoms with Crippen molar-refractivity contribution in [3.63, 3.8) is 0 Å². The fourth-order valence-electron chi connectivity index (χ4n) is 2.17. The van der Waals surface area contributed by atoms with E-state index in [0.29, 0.717) is 24.9 Å². The van der Waals surface area contributed by atoms with Gasteiger partial charge in [0, 0.05) is 19.3 Å². The van der Waals surface area contributed by atoms with Gasteiger partial charge in [0.15, 0.2) is 0 Å².